The fraction of sp³-hybridized carbons (Fsp3) is 0.476. The van der Waals surface area contributed by atoms with Gasteiger partial charge in [0, 0.05) is 30.4 Å². The second-order valence-electron chi connectivity index (χ2n) is 7.45. The number of hydrogen-bond donors (Lipinski definition) is 0. The van der Waals surface area contributed by atoms with E-state index in [4.69, 9.17) is 21.1 Å². The molecular weight excluding hydrogens is 378 g/mol. The summed E-state index contributed by atoms with van der Waals surface area (Å²) in [6.07, 6.45) is 7.69. The zero-order valence-electron chi connectivity index (χ0n) is 15.9. The van der Waals surface area contributed by atoms with Crippen LogP contribution < -0.4 is 9.47 Å². The third kappa shape index (κ3) is 3.53. The summed E-state index contributed by atoms with van der Waals surface area (Å²) in [5, 5.41) is 0.692. The van der Waals surface area contributed by atoms with E-state index in [9.17, 15) is 4.79 Å². The second kappa shape index (κ2) is 7.95. The number of rotatable bonds is 5. The van der Waals surface area contributed by atoms with Crippen molar-refractivity contribution in [3.8, 4) is 11.8 Å². The molecule has 2 heterocycles. The fourth-order valence-electron chi connectivity index (χ4n) is 4.38. The summed E-state index contributed by atoms with van der Waals surface area (Å²) < 4.78 is 11.2. The number of halogens is 1. The highest BCUT2D eigenvalue weighted by Crippen LogP contribution is 2.43. The third-order valence-electron chi connectivity index (χ3n) is 5.80. The maximum atomic E-state index is 13.6. The average Bonchev–Trinajstić information content (AvgIpc) is 3.39. The van der Waals surface area contributed by atoms with Crippen LogP contribution in [-0.2, 0) is 10.2 Å². The predicted octanol–water partition coefficient (Wildman–Crippen LogP) is 3.63. The number of amides is 1. The molecule has 0 spiro atoms. The van der Waals surface area contributed by atoms with Crippen LogP contribution in [0.25, 0.3) is 0 Å². The predicted molar refractivity (Wildman–Crippen MR) is 106 cm³/mol. The minimum absolute atomic E-state index is 0.113. The first-order chi connectivity index (χ1) is 13.6. The van der Waals surface area contributed by atoms with Crippen LogP contribution >= 0.6 is 11.6 Å². The van der Waals surface area contributed by atoms with Crippen molar-refractivity contribution in [3.05, 3.63) is 47.2 Å². The Balaban J connectivity index is 1.49. The maximum Gasteiger partial charge on any atom is 0.278 e. The van der Waals surface area contributed by atoms with Crippen molar-refractivity contribution in [2.24, 2.45) is 0 Å². The number of nitrogens with zero attached hydrogens (tertiary/aromatic N) is 3. The highest BCUT2D eigenvalue weighted by molar-refractivity contribution is 6.30. The van der Waals surface area contributed by atoms with E-state index in [-0.39, 0.29) is 12.0 Å². The van der Waals surface area contributed by atoms with Crippen molar-refractivity contribution in [2.75, 3.05) is 20.2 Å². The Morgan fingerprint density at radius 2 is 1.82 bits per heavy atom. The topological polar surface area (TPSA) is 64.6 Å². The molecule has 1 aromatic carbocycles. The largest absolute Gasteiger partial charge is 0.477 e. The zero-order chi connectivity index (χ0) is 19.6. The standard InChI is InChI=1S/C21H24ClN3O3/c1-27-18-19(24-12-11-23-18)28-17-8-13-25(14-17)20(26)21(9-2-3-10-21)15-4-6-16(22)7-5-15/h4-7,11-12,17H,2-3,8-10,13-14H2,1H3. The SMILES string of the molecule is COc1nccnc1OC1CCN(C(=O)C2(c3ccc(Cl)cc3)CCCC2)C1. The zero-order valence-corrected chi connectivity index (χ0v) is 16.7. The molecule has 1 aliphatic heterocycles. The first-order valence-electron chi connectivity index (χ1n) is 9.69. The van der Waals surface area contributed by atoms with Gasteiger partial charge in [-0.05, 0) is 30.5 Å². The lowest BCUT2D eigenvalue weighted by Gasteiger charge is -2.33. The third-order valence-corrected chi connectivity index (χ3v) is 6.05. The van der Waals surface area contributed by atoms with Gasteiger partial charge in [0.1, 0.15) is 6.10 Å². The number of ether oxygens (including phenoxy) is 2. The molecule has 1 amide bonds. The molecular formula is C21H24ClN3O3. The van der Waals surface area contributed by atoms with Crippen LogP contribution in [0.2, 0.25) is 5.02 Å². The van der Waals surface area contributed by atoms with Crippen LogP contribution in [0, 0.1) is 0 Å². The number of carbonyl (C=O) groups is 1. The molecule has 1 unspecified atom stereocenters. The van der Waals surface area contributed by atoms with Crippen LogP contribution in [0.5, 0.6) is 11.8 Å². The lowest BCUT2D eigenvalue weighted by molar-refractivity contribution is -0.136. The number of benzene rings is 1. The van der Waals surface area contributed by atoms with Gasteiger partial charge in [0.2, 0.25) is 5.91 Å². The van der Waals surface area contributed by atoms with Gasteiger partial charge in [-0.3, -0.25) is 4.79 Å². The van der Waals surface area contributed by atoms with Crippen LogP contribution in [0.4, 0.5) is 0 Å². The lowest BCUT2D eigenvalue weighted by atomic mass is 9.77. The quantitative estimate of drug-likeness (QED) is 0.765. The molecule has 6 nitrogen and oxygen atoms in total. The van der Waals surface area contributed by atoms with Crippen LogP contribution in [0.1, 0.15) is 37.7 Å². The Morgan fingerprint density at radius 1 is 1.14 bits per heavy atom. The summed E-state index contributed by atoms with van der Waals surface area (Å²) in [4.78, 5) is 23.8. The van der Waals surface area contributed by atoms with Gasteiger partial charge >= 0.3 is 0 Å². The minimum atomic E-state index is -0.441. The molecule has 2 aromatic rings. The lowest BCUT2D eigenvalue weighted by Crippen LogP contribution is -2.45. The number of carbonyl (C=O) groups excluding carboxylic acids is 1. The molecule has 28 heavy (non-hydrogen) atoms. The van der Waals surface area contributed by atoms with Crippen molar-refractivity contribution in [3.63, 3.8) is 0 Å². The maximum absolute atomic E-state index is 13.6. The molecule has 2 aliphatic rings. The Hall–Kier alpha value is -2.34. The molecule has 1 aliphatic carbocycles. The van der Waals surface area contributed by atoms with Crippen molar-refractivity contribution >= 4 is 17.5 Å². The summed E-state index contributed by atoms with van der Waals surface area (Å²) in [5.41, 5.74) is 0.628. The van der Waals surface area contributed by atoms with E-state index in [1.54, 1.807) is 12.4 Å². The summed E-state index contributed by atoms with van der Waals surface area (Å²) in [5.74, 6) is 0.933. The van der Waals surface area contributed by atoms with Crippen molar-refractivity contribution < 1.29 is 14.3 Å². The summed E-state index contributed by atoms with van der Waals surface area (Å²) >= 11 is 6.06. The summed E-state index contributed by atoms with van der Waals surface area (Å²) in [6, 6.07) is 7.75. The Bertz CT molecular complexity index is 837. The van der Waals surface area contributed by atoms with Gasteiger partial charge in [0.15, 0.2) is 0 Å². The number of hydrogen-bond acceptors (Lipinski definition) is 5. The number of aromatic nitrogens is 2. The van der Waals surface area contributed by atoms with E-state index in [2.05, 4.69) is 9.97 Å². The number of likely N-dealkylation sites (tertiary alicyclic amines) is 1. The van der Waals surface area contributed by atoms with Crippen LogP contribution in [0.15, 0.2) is 36.7 Å². The van der Waals surface area contributed by atoms with E-state index >= 15 is 0 Å². The van der Waals surface area contributed by atoms with Gasteiger partial charge in [-0.1, -0.05) is 36.6 Å². The van der Waals surface area contributed by atoms with Gasteiger partial charge in [-0.2, -0.15) is 0 Å². The van der Waals surface area contributed by atoms with E-state index < -0.39 is 5.41 Å². The summed E-state index contributed by atoms with van der Waals surface area (Å²) in [7, 11) is 1.54. The minimum Gasteiger partial charge on any atom is -0.477 e. The first-order valence-corrected chi connectivity index (χ1v) is 10.1. The molecule has 4 rings (SSSR count). The van der Waals surface area contributed by atoms with Crippen molar-refractivity contribution in [1.82, 2.24) is 14.9 Å². The molecule has 0 N–H and O–H groups in total. The van der Waals surface area contributed by atoms with Gasteiger partial charge in [0.05, 0.1) is 19.1 Å². The monoisotopic (exact) mass is 401 g/mol. The van der Waals surface area contributed by atoms with Crippen molar-refractivity contribution in [1.29, 1.82) is 0 Å². The van der Waals surface area contributed by atoms with Gasteiger partial charge < -0.3 is 14.4 Å². The Kier molecular flexibility index (Phi) is 5.40. The normalized spacial score (nSPS) is 20.9. The van der Waals surface area contributed by atoms with Crippen molar-refractivity contribution in [2.45, 2.75) is 43.6 Å². The van der Waals surface area contributed by atoms with Gasteiger partial charge in [-0.15, -0.1) is 0 Å². The summed E-state index contributed by atoms with van der Waals surface area (Å²) in [6.45, 7) is 1.23. The molecule has 1 saturated carbocycles. The Morgan fingerprint density at radius 3 is 2.50 bits per heavy atom. The molecule has 1 atom stereocenters. The molecule has 1 aromatic heterocycles. The van der Waals surface area contributed by atoms with Crippen LogP contribution in [-0.4, -0.2) is 47.1 Å². The average molecular weight is 402 g/mol. The highest BCUT2D eigenvalue weighted by atomic mass is 35.5. The molecule has 2 fully saturated rings. The molecule has 7 heteroatoms. The first kappa shape index (κ1) is 19.0. The fourth-order valence-corrected chi connectivity index (χ4v) is 4.50. The van der Waals surface area contributed by atoms with Gasteiger partial charge in [0.25, 0.3) is 11.8 Å². The molecule has 0 bridgehead atoms. The molecule has 1 saturated heterocycles. The molecule has 148 valence electrons. The highest BCUT2D eigenvalue weighted by Gasteiger charge is 2.46. The second-order valence-corrected chi connectivity index (χ2v) is 7.88. The Labute approximate surface area is 169 Å². The van der Waals surface area contributed by atoms with Gasteiger partial charge in [-0.25, -0.2) is 9.97 Å². The van der Waals surface area contributed by atoms with E-state index in [1.165, 1.54) is 7.11 Å². The van der Waals surface area contributed by atoms with Crippen LogP contribution in [0.3, 0.4) is 0 Å². The number of methoxy groups -OCH3 is 1. The van der Waals surface area contributed by atoms with E-state index in [0.29, 0.717) is 29.9 Å². The molecule has 0 radical (unpaired) electrons. The van der Waals surface area contributed by atoms with E-state index in [1.807, 2.05) is 29.2 Å². The van der Waals surface area contributed by atoms with E-state index in [0.717, 1.165) is 37.7 Å². The smallest absolute Gasteiger partial charge is 0.278 e.